The predicted octanol–water partition coefficient (Wildman–Crippen LogP) is 3.30. The van der Waals surface area contributed by atoms with E-state index in [1.165, 1.54) is 6.33 Å². The van der Waals surface area contributed by atoms with Gasteiger partial charge in [0.25, 0.3) is 11.8 Å². The summed E-state index contributed by atoms with van der Waals surface area (Å²) in [5.74, 6) is -0.843. The fourth-order valence-corrected chi connectivity index (χ4v) is 3.77. The van der Waals surface area contributed by atoms with E-state index in [-0.39, 0.29) is 29.0 Å². The van der Waals surface area contributed by atoms with Gasteiger partial charge in [-0.1, -0.05) is 60.7 Å². The first-order chi connectivity index (χ1) is 15.1. The lowest BCUT2D eigenvalue weighted by Crippen LogP contribution is -2.33. The molecular weight excluding hydrogens is 390 g/mol. The Labute approximate surface area is 179 Å². The summed E-state index contributed by atoms with van der Waals surface area (Å²) in [6.45, 7) is 0.514. The lowest BCUT2D eigenvalue weighted by molar-refractivity contribution is 0.0723. The molecule has 1 saturated carbocycles. The Bertz CT molecular complexity index is 1260. The number of hydrogen-bond acceptors (Lipinski definition) is 4. The van der Waals surface area contributed by atoms with Crippen LogP contribution in [0.5, 0.6) is 0 Å². The molecule has 7 nitrogen and oxygen atoms in total. The monoisotopic (exact) mass is 411 g/mol. The molecule has 1 aliphatic rings. The first-order valence-corrected chi connectivity index (χ1v) is 10.2. The van der Waals surface area contributed by atoms with Crippen LogP contribution in [-0.4, -0.2) is 37.1 Å². The number of primary amides is 1. The van der Waals surface area contributed by atoms with E-state index in [0.29, 0.717) is 6.54 Å². The van der Waals surface area contributed by atoms with Gasteiger partial charge in [-0.05, 0) is 30.0 Å². The van der Waals surface area contributed by atoms with Gasteiger partial charge in [-0.2, -0.15) is 0 Å². The van der Waals surface area contributed by atoms with E-state index in [1.807, 2.05) is 65.6 Å². The van der Waals surface area contributed by atoms with Gasteiger partial charge in [0.05, 0.1) is 5.69 Å². The zero-order valence-electron chi connectivity index (χ0n) is 16.8. The van der Waals surface area contributed by atoms with Crippen molar-refractivity contribution in [2.45, 2.75) is 25.4 Å². The maximum absolute atomic E-state index is 13.6. The molecule has 0 bridgehead atoms. The van der Waals surface area contributed by atoms with Crippen LogP contribution in [0.1, 0.15) is 39.4 Å². The zero-order valence-corrected chi connectivity index (χ0v) is 16.8. The number of nitrogens with two attached hydrogens (primary N) is 1. The standard InChI is InChI=1S/C24H21N5O2/c25-22(30)21-23-27-19(13-20(29(23)15-26-21)17-9-5-2-6-10-17)24(31)28(18-11-12-18)14-16-7-3-1-4-8-16/h1-10,13,15,18H,11-12,14H2,(H2,25,30). The number of fused-ring (bicyclic) bond motifs is 1. The molecule has 0 saturated heterocycles. The van der Waals surface area contributed by atoms with Gasteiger partial charge in [0, 0.05) is 12.6 Å². The zero-order chi connectivity index (χ0) is 21.4. The second kappa shape index (κ2) is 7.68. The number of nitrogens with zero attached hydrogens (tertiary/aromatic N) is 4. The van der Waals surface area contributed by atoms with E-state index in [2.05, 4.69) is 9.97 Å². The molecule has 0 atom stereocenters. The number of carbonyl (C=O) groups is 2. The highest BCUT2D eigenvalue weighted by Gasteiger charge is 2.34. The van der Waals surface area contributed by atoms with Crippen LogP contribution in [0.2, 0.25) is 0 Å². The first-order valence-electron chi connectivity index (χ1n) is 10.2. The smallest absolute Gasteiger partial charge is 0.273 e. The SMILES string of the molecule is NC(=O)c1ncn2c(-c3ccccc3)cc(C(=O)N(Cc3ccccc3)C3CC3)nc12. The van der Waals surface area contributed by atoms with E-state index in [9.17, 15) is 9.59 Å². The van der Waals surface area contributed by atoms with Gasteiger partial charge in [-0.25, -0.2) is 9.97 Å². The van der Waals surface area contributed by atoms with E-state index >= 15 is 0 Å². The molecule has 2 aromatic heterocycles. The van der Waals surface area contributed by atoms with Crippen LogP contribution in [0.3, 0.4) is 0 Å². The van der Waals surface area contributed by atoms with Crippen LogP contribution >= 0.6 is 0 Å². The summed E-state index contributed by atoms with van der Waals surface area (Å²) in [6, 6.07) is 21.5. The number of aromatic nitrogens is 3. The van der Waals surface area contributed by atoms with E-state index in [1.54, 1.807) is 10.5 Å². The Morgan fingerprint density at radius 1 is 1.03 bits per heavy atom. The molecule has 1 aliphatic carbocycles. The van der Waals surface area contributed by atoms with Crippen LogP contribution in [0, 0.1) is 0 Å². The van der Waals surface area contributed by atoms with Crippen molar-refractivity contribution >= 4 is 17.5 Å². The molecule has 1 fully saturated rings. The average Bonchev–Trinajstić information content (AvgIpc) is 3.55. The number of amides is 2. The average molecular weight is 411 g/mol. The molecule has 7 heteroatoms. The Morgan fingerprint density at radius 2 is 1.71 bits per heavy atom. The lowest BCUT2D eigenvalue weighted by Gasteiger charge is -2.22. The van der Waals surface area contributed by atoms with Gasteiger partial charge in [0.1, 0.15) is 12.0 Å². The molecule has 2 heterocycles. The largest absolute Gasteiger partial charge is 0.364 e. The van der Waals surface area contributed by atoms with E-state index in [0.717, 1.165) is 29.7 Å². The molecular formula is C24H21N5O2. The molecule has 2 N–H and O–H groups in total. The van der Waals surface area contributed by atoms with Gasteiger partial charge in [0.2, 0.25) is 0 Å². The fraction of sp³-hybridized carbons (Fsp3) is 0.167. The van der Waals surface area contributed by atoms with Gasteiger partial charge in [-0.15, -0.1) is 0 Å². The van der Waals surface area contributed by atoms with Gasteiger partial charge < -0.3 is 10.6 Å². The molecule has 0 radical (unpaired) electrons. The van der Waals surface area contributed by atoms with E-state index in [4.69, 9.17) is 5.73 Å². The number of carbonyl (C=O) groups excluding carboxylic acids is 2. The minimum Gasteiger partial charge on any atom is -0.364 e. The first kappa shape index (κ1) is 19.0. The summed E-state index contributed by atoms with van der Waals surface area (Å²) in [4.78, 5) is 36.0. The second-order valence-corrected chi connectivity index (χ2v) is 7.69. The highest BCUT2D eigenvalue weighted by Crippen LogP contribution is 2.31. The highest BCUT2D eigenvalue weighted by molar-refractivity contribution is 5.99. The molecule has 154 valence electrons. The maximum atomic E-state index is 13.6. The molecule has 31 heavy (non-hydrogen) atoms. The molecule has 0 unspecified atom stereocenters. The molecule has 0 spiro atoms. The molecule has 4 aromatic rings. The summed E-state index contributed by atoms with van der Waals surface area (Å²) in [6.07, 6.45) is 3.47. The van der Waals surface area contributed by atoms with E-state index < -0.39 is 5.91 Å². The summed E-state index contributed by atoms with van der Waals surface area (Å²) in [7, 11) is 0. The lowest BCUT2D eigenvalue weighted by atomic mass is 10.1. The highest BCUT2D eigenvalue weighted by atomic mass is 16.2. The number of rotatable bonds is 6. The fourth-order valence-electron chi connectivity index (χ4n) is 3.77. The summed E-state index contributed by atoms with van der Waals surface area (Å²) >= 11 is 0. The Morgan fingerprint density at radius 3 is 2.35 bits per heavy atom. The minimum atomic E-state index is -0.679. The normalized spacial score (nSPS) is 13.3. The van der Waals surface area contributed by atoms with Crippen molar-refractivity contribution in [2.24, 2.45) is 5.73 Å². The summed E-state index contributed by atoms with van der Waals surface area (Å²) < 4.78 is 1.70. The Hall–Kier alpha value is -4.00. The Kier molecular flexibility index (Phi) is 4.71. The van der Waals surface area contributed by atoms with Crippen molar-refractivity contribution in [1.29, 1.82) is 0 Å². The quantitative estimate of drug-likeness (QED) is 0.527. The van der Waals surface area contributed by atoms with Crippen LogP contribution in [0.25, 0.3) is 16.9 Å². The van der Waals surface area contributed by atoms with Gasteiger partial charge >= 0.3 is 0 Å². The molecule has 2 amide bonds. The third kappa shape index (κ3) is 3.66. The van der Waals surface area contributed by atoms with Crippen LogP contribution in [-0.2, 0) is 6.54 Å². The Balaban J connectivity index is 1.62. The van der Waals surface area contributed by atoms with Crippen LogP contribution < -0.4 is 5.73 Å². The van der Waals surface area contributed by atoms with Crippen LogP contribution in [0.15, 0.2) is 73.1 Å². The topological polar surface area (TPSA) is 93.6 Å². The number of imidazole rings is 1. The second-order valence-electron chi connectivity index (χ2n) is 7.69. The predicted molar refractivity (Wildman–Crippen MR) is 116 cm³/mol. The van der Waals surface area contributed by atoms with Crippen molar-refractivity contribution in [3.05, 3.63) is 90.0 Å². The molecule has 0 aliphatic heterocycles. The molecule has 5 rings (SSSR count). The van der Waals surface area contributed by atoms with Crippen molar-refractivity contribution in [2.75, 3.05) is 0 Å². The third-order valence-corrected chi connectivity index (χ3v) is 5.47. The maximum Gasteiger partial charge on any atom is 0.273 e. The number of benzene rings is 2. The van der Waals surface area contributed by atoms with Crippen molar-refractivity contribution in [1.82, 2.24) is 19.3 Å². The summed E-state index contributed by atoms with van der Waals surface area (Å²) in [5.41, 5.74) is 8.80. The molecule has 2 aromatic carbocycles. The van der Waals surface area contributed by atoms with Crippen LogP contribution in [0.4, 0.5) is 0 Å². The third-order valence-electron chi connectivity index (χ3n) is 5.47. The minimum absolute atomic E-state index is 0.0489. The van der Waals surface area contributed by atoms with Crippen molar-refractivity contribution < 1.29 is 9.59 Å². The van der Waals surface area contributed by atoms with Gasteiger partial charge in [-0.3, -0.25) is 14.0 Å². The summed E-state index contributed by atoms with van der Waals surface area (Å²) in [5, 5.41) is 0. The van der Waals surface area contributed by atoms with Gasteiger partial charge in [0.15, 0.2) is 11.3 Å². The van der Waals surface area contributed by atoms with Crippen molar-refractivity contribution in [3.8, 4) is 11.3 Å². The van der Waals surface area contributed by atoms with Crippen molar-refractivity contribution in [3.63, 3.8) is 0 Å². The number of hydrogen-bond donors (Lipinski definition) is 1.